The monoisotopic (exact) mass is 214 g/mol. The zero-order valence-electron chi connectivity index (χ0n) is 8.29. The summed E-state index contributed by atoms with van der Waals surface area (Å²) in [5.74, 6) is 0.683. The van der Waals surface area contributed by atoms with E-state index >= 15 is 0 Å². The third-order valence-corrected chi connectivity index (χ3v) is 2.29. The minimum absolute atomic E-state index is 0.139. The molecule has 14 heavy (non-hydrogen) atoms. The van der Waals surface area contributed by atoms with Crippen LogP contribution in [0.4, 0.5) is 0 Å². The molecule has 0 saturated carbocycles. The molecule has 1 N–H and O–H groups in total. The van der Waals surface area contributed by atoms with Gasteiger partial charge in [0.1, 0.15) is 0 Å². The van der Waals surface area contributed by atoms with E-state index in [9.17, 15) is 4.79 Å². The number of nitrogens with zero attached hydrogens (tertiary/aromatic N) is 1. The Bertz CT molecular complexity index is 272. The summed E-state index contributed by atoms with van der Waals surface area (Å²) in [5, 5.41) is 0. The summed E-state index contributed by atoms with van der Waals surface area (Å²) in [6.45, 7) is 0.633. The molecule has 0 fully saturated rings. The maximum Gasteiger partial charge on any atom is 0.222 e. The number of carbonyl (C=O) groups is 1. The highest BCUT2D eigenvalue weighted by Crippen LogP contribution is 2.03. The van der Waals surface area contributed by atoms with Crippen molar-refractivity contribution in [3.05, 3.63) is 24.0 Å². The first-order chi connectivity index (χ1) is 6.74. The number of amides is 1. The summed E-state index contributed by atoms with van der Waals surface area (Å²) < 4.78 is 0. The molecule has 1 aromatic rings. The minimum Gasteiger partial charge on any atom is -0.364 e. The Morgan fingerprint density at radius 1 is 1.64 bits per heavy atom. The molecule has 0 radical (unpaired) electrons. The zero-order valence-corrected chi connectivity index (χ0v) is 9.05. The van der Waals surface area contributed by atoms with E-state index in [4.69, 9.17) is 11.6 Å². The van der Waals surface area contributed by atoms with Crippen molar-refractivity contribution in [2.24, 2.45) is 0 Å². The third kappa shape index (κ3) is 3.42. The molecule has 1 heterocycles. The molecular formula is C10H15ClN2O. The van der Waals surface area contributed by atoms with Gasteiger partial charge in [0.05, 0.1) is 6.54 Å². The van der Waals surface area contributed by atoms with Crippen molar-refractivity contribution in [1.82, 2.24) is 9.88 Å². The fourth-order valence-corrected chi connectivity index (χ4v) is 1.35. The van der Waals surface area contributed by atoms with Gasteiger partial charge in [-0.1, -0.05) is 0 Å². The largest absolute Gasteiger partial charge is 0.364 e. The average Bonchev–Trinajstić information content (AvgIpc) is 2.66. The number of nitrogens with one attached hydrogen (secondary N) is 1. The van der Waals surface area contributed by atoms with Crippen LogP contribution in [0.3, 0.4) is 0 Å². The Hall–Kier alpha value is -0.960. The summed E-state index contributed by atoms with van der Waals surface area (Å²) in [5.41, 5.74) is 1.05. The van der Waals surface area contributed by atoms with E-state index in [1.807, 2.05) is 18.3 Å². The molecule has 3 nitrogen and oxygen atoms in total. The van der Waals surface area contributed by atoms with Gasteiger partial charge in [-0.3, -0.25) is 4.79 Å². The average molecular weight is 215 g/mol. The normalized spacial score (nSPS) is 10.1. The lowest BCUT2D eigenvalue weighted by molar-refractivity contribution is -0.130. The van der Waals surface area contributed by atoms with Crippen molar-refractivity contribution in [3.63, 3.8) is 0 Å². The van der Waals surface area contributed by atoms with Crippen LogP contribution in [-0.4, -0.2) is 28.7 Å². The van der Waals surface area contributed by atoms with E-state index in [-0.39, 0.29) is 5.91 Å². The highest BCUT2D eigenvalue weighted by atomic mass is 35.5. The molecule has 0 aliphatic heterocycles. The lowest BCUT2D eigenvalue weighted by Crippen LogP contribution is -2.26. The summed E-state index contributed by atoms with van der Waals surface area (Å²) in [6.07, 6.45) is 3.13. The third-order valence-electron chi connectivity index (χ3n) is 2.02. The number of hydrogen-bond acceptors (Lipinski definition) is 1. The minimum atomic E-state index is 0.139. The quantitative estimate of drug-likeness (QED) is 0.748. The van der Waals surface area contributed by atoms with Crippen LogP contribution in [-0.2, 0) is 11.3 Å². The molecule has 0 atom stereocenters. The molecule has 0 aromatic carbocycles. The highest BCUT2D eigenvalue weighted by Gasteiger charge is 2.08. The molecule has 1 rings (SSSR count). The first-order valence-electron chi connectivity index (χ1n) is 4.66. The number of aromatic nitrogens is 1. The predicted molar refractivity (Wildman–Crippen MR) is 57.2 cm³/mol. The molecule has 0 aliphatic carbocycles. The van der Waals surface area contributed by atoms with Gasteiger partial charge in [-0.2, -0.15) is 0 Å². The first-order valence-corrected chi connectivity index (χ1v) is 5.19. The van der Waals surface area contributed by atoms with Gasteiger partial charge < -0.3 is 9.88 Å². The molecule has 1 aromatic heterocycles. The van der Waals surface area contributed by atoms with E-state index in [1.54, 1.807) is 11.9 Å². The summed E-state index contributed by atoms with van der Waals surface area (Å²) >= 11 is 5.52. The molecule has 0 unspecified atom stereocenters. The van der Waals surface area contributed by atoms with Crippen LogP contribution in [0.5, 0.6) is 0 Å². The van der Waals surface area contributed by atoms with Gasteiger partial charge in [0.15, 0.2) is 0 Å². The van der Waals surface area contributed by atoms with Crippen LogP contribution in [0.25, 0.3) is 0 Å². The second kappa shape index (κ2) is 5.70. The number of H-pyrrole nitrogens is 1. The second-order valence-corrected chi connectivity index (χ2v) is 3.62. The van der Waals surface area contributed by atoms with Crippen LogP contribution in [0, 0.1) is 0 Å². The Balaban J connectivity index is 2.34. The van der Waals surface area contributed by atoms with Crippen molar-refractivity contribution in [3.8, 4) is 0 Å². The maximum atomic E-state index is 11.5. The van der Waals surface area contributed by atoms with Crippen molar-refractivity contribution in [2.45, 2.75) is 19.4 Å². The van der Waals surface area contributed by atoms with Gasteiger partial charge >= 0.3 is 0 Å². The van der Waals surface area contributed by atoms with Gasteiger partial charge in [0, 0.05) is 31.2 Å². The van der Waals surface area contributed by atoms with Crippen LogP contribution in [0.2, 0.25) is 0 Å². The van der Waals surface area contributed by atoms with Crippen molar-refractivity contribution in [2.75, 3.05) is 12.9 Å². The lowest BCUT2D eigenvalue weighted by atomic mass is 10.3. The smallest absolute Gasteiger partial charge is 0.222 e. The molecule has 78 valence electrons. The van der Waals surface area contributed by atoms with Crippen LogP contribution < -0.4 is 0 Å². The topological polar surface area (TPSA) is 36.1 Å². The van der Waals surface area contributed by atoms with E-state index in [1.165, 1.54) is 0 Å². The van der Waals surface area contributed by atoms with E-state index in [0.29, 0.717) is 18.8 Å². The Kier molecular flexibility index (Phi) is 4.53. The van der Waals surface area contributed by atoms with E-state index < -0.39 is 0 Å². The summed E-state index contributed by atoms with van der Waals surface area (Å²) in [6, 6.07) is 3.89. The lowest BCUT2D eigenvalue weighted by Gasteiger charge is -2.15. The number of hydrogen-bond donors (Lipinski definition) is 1. The van der Waals surface area contributed by atoms with Crippen LogP contribution >= 0.6 is 11.6 Å². The van der Waals surface area contributed by atoms with Gasteiger partial charge in [0.2, 0.25) is 5.91 Å². The molecule has 0 spiro atoms. The van der Waals surface area contributed by atoms with Gasteiger partial charge in [-0.05, 0) is 18.6 Å². The molecule has 0 bridgehead atoms. The summed E-state index contributed by atoms with van der Waals surface area (Å²) in [4.78, 5) is 16.2. The Labute approximate surface area is 89.1 Å². The number of rotatable bonds is 5. The Morgan fingerprint density at radius 3 is 3.00 bits per heavy atom. The number of carbonyl (C=O) groups excluding carboxylic acids is 1. The molecule has 1 amide bonds. The van der Waals surface area contributed by atoms with Gasteiger partial charge in [-0.15, -0.1) is 11.6 Å². The van der Waals surface area contributed by atoms with Crippen LogP contribution in [0.1, 0.15) is 18.5 Å². The molecule has 0 saturated heterocycles. The van der Waals surface area contributed by atoms with Crippen molar-refractivity contribution >= 4 is 17.5 Å². The first kappa shape index (κ1) is 11.1. The van der Waals surface area contributed by atoms with Gasteiger partial charge in [0.25, 0.3) is 0 Å². The fraction of sp³-hybridized carbons (Fsp3) is 0.500. The molecule has 4 heteroatoms. The number of halogens is 1. The zero-order chi connectivity index (χ0) is 10.4. The maximum absolute atomic E-state index is 11.5. The van der Waals surface area contributed by atoms with Crippen molar-refractivity contribution < 1.29 is 4.79 Å². The molecule has 0 aliphatic rings. The van der Waals surface area contributed by atoms with Crippen molar-refractivity contribution in [1.29, 1.82) is 0 Å². The number of alkyl halides is 1. The highest BCUT2D eigenvalue weighted by molar-refractivity contribution is 6.17. The van der Waals surface area contributed by atoms with E-state index in [2.05, 4.69) is 4.98 Å². The van der Waals surface area contributed by atoms with Gasteiger partial charge in [-0.25, -0.2) is 0 Å². The fourth-order valence-electron chi connectivity index (χ4n) is 1.22. The molecular weight excluding hydrogens is 200 g/mol. The SMILES string of the molecule is CN(Cc1ccc[nH]1)C(=O)CCCCl. The number of aromatic amines is 1. The summed E-state index contributed by atoms with van der Waals surface area (Å²) in [7, 11) is 1.80. The van der Waals surface area contributed by atoms with E-state index in [0.717, 1.165) is 12.1 Å². The standard InChI is InChI=1S/C10H15ClN2O/c1-13(10(14)5-2-6-11)8-9-4-3-7-12-9/h3-4,7,12H,2,5-6,8H2,1H3. The predicted octanol–water partition coefficient (Wildman–Crippen LogP) is 1.99. The Morgan fingerprint density at radius 2 is 2.43 bits per heavy atom. The second-order valence-electron chi connectivity index (χ2n) is 3.24. The van der Waals surface area contributed by atoms with Crippen LogP contribution in [0.15, 0.2) is 18.3 Å².